The Morgan fingerprint density at radius 1 is 1.17 bits per heavy atom. The maximum absolute atomic E-state index is 13.7. The summed E-state index contributed by atoms with van der Waals surface area (Å²) in [6, 6.07) is 7.73. The number of rotatable bonds is 5. The summed E-state index contributed by atoms with van der Waals surface area (Å²) in [5, 5.41) is 3.54. The third-order valence-electron chi connectivity index (χ3n) is 4.74. The fourth-order valence-electron chi connectivity index (χ4n) is 3.22. The zero-order valence-corrected chi connectivity index (χ0v) is 13.9. The van der Waals surface area contributed by atoms with Crippen molar-refractivity contribution in [2.75, 3.05) is 26.7 Å². The minimum absolute atomic E-state index is 0.187. The number of benzene rings is 1. The second-order valence-corrected chi connectivity index (χ2v) is 6.55. The Morgan fingerprint density at radius 3 is 2.62 bits per heavy atom. The molecule has 2 aromatic rings. The first-order valence-corrected chi connectivity index (χ1v) is 8.40. The molecular weight excluding hydrogens is 308 g/mol. The van der Waals surface area contributed by atoms with E-state index >= 15 is 0 Å². The molecule has 128 valence electrons. The van der Waals surface area contributed by atoms with Crippen LogP contribution >= 0.6 is 0 Å². The van der Waals surface area contributed by atoms with E-state index in [1.807, 2.05) is 12.1 Å². The van der Waals surface area contributed by atoms with Gasteiger partial charge in [0, 0.05) is 12.4 Å². The molecule has 0 saturated carbocycles. The van der Waals surface area contributed by atoms with Gasteiger partial charge in [0.2, 0.25) is 0 Å². The maximum Gasteiger partial charge on any atom is 0.159 e. The topological polar surface area (TPSA) is 28.2 Å². The fraction of sp³-hybridized carbons (Fsp3) is 0.421. The summed E-state index contributed by atoms with van der Waals surface area (Å²) in [6.45, 7) is 3.07. The average molecular weight is 331 g/mol. The van der Waals surface area contributed by atoms with Crippen LogP contribution in [0.1, 0.15) is 30.0 Å². The summed E-state index contributed by atoms with van der Waals surface area (Å²) < 4.78 is 26.9. The van der Waals surface area contributed by atoms with Crippen LogP contribution in [0, 0.1) is 17.6 Å². The largest absolute Gasteiger partial charge is 0.306 e. The van der Waals surface area contributed by atoms with E-state index in [0.717, 1.165) is 43.6 Å². The number of aromatic nitrogens is 1. The van der Waals surface area contributed by atoms with Crippen molar-refractivity contribution in [3.05, 3.63) is 65.5 Å². The second-order valence-electron chi connectivity index (χ2n) is 6.55. The van der Waals surface area contributed by atoms with E-state index < -0.39 is 11.6 Å². The van der Waals surface area contributed by atoms with Crippen molar-refractivity contribution in [2.24, 2.45) is 5.92 Å². The lowest BCUT2D eigenvalue weighted by Gasteiger charge is -2.30. The van der Waals surface area contributed by atoms with Gasteiger partial charge in [0.15, 0.2) is 11.6 Å². The molecule has 1 fully saturated rings. The standard InChI is InChI=1S/C19H23F2N3/c1-24-9-6-14(7-10-24)12-23-19(16-3-2-8-22-13-16)15-4-5-17(20)18(21)11-15/h2-5,8,11,13-14,19,23H,6-7,9-10,12H2,1H3/t19-/m1/s1. The molecule has 1 saturated heterocycles. The van der Waals surface area contributed by atoms with Crippen LogP contribution in [0.25, 0.3) is 0 Å². The Bertz CT molecular complexity index is 655. The molecule has 1 aromatic heterocycles. The Kier molecular flexibility index (Phi) is 5.53. The number of halogens is 2. The van der Waals surface area contributed by atoms with Gasteiger partial charge in [-0.1, -0.05) is 12.1 Å². The predicted octanol–water partition coefficient (Wildman–Crippen LogP) is 3.38. The molecule has 2 heterocycles. The van der Waals surface area contributed by atoms with Gasteiger partial charge in [0.25, 0.3) is 0 Å². The molecular formula is C19H23F2N3. The number of hydrogen-bond acceptors (Lipinski definition) is 3. The van der Waals surface area contributed by atoms with Crippen molar-refractivity contribution >= 4 is 0 Å². The molecule has 1 aliphatic heterocycles. The third kappa shape index (κ3) is 4.16. The second kappa shape index (κ2) is 7.81. The van der Waals surface area contributed by atoms with Crippen LogP contribution in [0.5, 0.6) is 0 Å². The molecule has 24 heavy (non-hydrogen) atoms. The minimum Gasteiger partial charge on any atom is -0.306 e. The van der Waals surface area contributed by atoms with E-state index in [4.69, 9.17) is 0 Å². The molecule has 0 spiro atoms. The number of hydrogen-bond donors (Lipinski definition) is 1. The summed E-state index contributed by atoms with van der Waals surface area (Å²) in [4.78, 5) is 6.50. The third-order valence-corrected chi connectivity index (χ3v) is 4.74. The Labute approximate surface area is 141 Å². The van der Waals surface area contributed by atoms with E-state index in [9.17, 15) is 8.78 Å². The zero-order valence-electron chi connectivity index (χ0n) is 13.9. The molecule has 1 aromatic carbocycles. The summed E-state index contributed by atoms with van der Waals surface area (Å²) >= 11 is 0. The highest BCUT2D eigenvalue weighted by Crippen LogP contribution is 2.24. The summed E-state index contributed by atoms with van der Waals surface area (Å²) in [5.41, 5.74) is 1.67. The van der Waals surface area contributed by atoms with Crippen molar-refractivity contribution in [1.82, 2.24) is 15.2 Å². The molecule has 0 amide bonds. The Hall–Kier alpha value is -1.85. The number of pyridine rings is 1. The van der Waals surface area contributed by atoms with Crippen molar-refractivity contribution in [2.45, 2.75) is 18.9 Å². The molecule has 3 rings (SSSR count). The van der Waals surface area contributed by atoms with Gasteiger partial charge in [0.1, 0.15) is 0 Å². The lowest BCUT2D eigenvalue weighted by atomic mass is 9.95. The maximum atomic E-state index is 13.7. The van der Waals surface area contributed by atoms with E-state index in [1.54, 1.807) is 18.5 Å². The predicted molar refractivity (Wildman–Crippen MR) is 90.7 cm³/mol. The molecule has 1 aliphatic rings. The fourth-order valence-corrected chi connectivity index (χ4v) is 3.22. The van der Waals surface area contributed by atoms with Gasteiger partial charge in [-0.15, -0.1) is 0 Å². The quantitative estimate of drug-likeness (QED) is 0.910. The minimum atomic E-state index is -0.820. The van der Waals surface area contributed by atoms with Crippen LogP contribution in [0.3, 0.4) is 0 Å². The van der Waals surface area contributed by atoms with Crippen molar-refractivity contribution in [3.8, 4) is 0 Å². The number of piperidine rings is 1. The van der Waals surface area contributed by atoms with Crippen LogP contribution in [-0.4, -0.2) is 36.6 Å². The zero-order chi connectivity index (χ0) is 16.9. The van der Waals surface area contributed by atoms with Gasteiger partial charge >= 0.3 is 0 Å². The monoisotopic (exact) mass is 331 g/mol. The first-order chi connectivity index (χ1) is 11.6. The van der Waals surface area contributed by atoms with Crippen LogP contribution in [0.15, 0.2) is 42.7 Å². The van der Waals surface area contributed by atoms with E-state index in [2.05, 4.69) is 22.2 Å². The van der Waals surface area contributed by atoms with Crippen LogP contribution in [0.2, 0.25) is 0 Å². The molecule has 0 bridgehead atoms. The highest BCUT2D eigenvalue weighted by Gasteiger charge is 2.20. The first-order valence-electron chi connectivity index (χ1n) is 8.40. The lowest BCUT2D eigenvalue weighted by Crippen LogP contribution is -2.36. The SMILES string of the molecule is CN1CCC(CN[C@@H](c2cccnc2)c2ccc(F)c(F)c2)CC1. The van der Waals surface area contributed by atoms with Gasteiger partial charge in [0.05, 0.1) is 6.04 Å². The van der Waals surface area contributed by atoms with Crippen LogP contribution in [0.4, 0.5) is 8.78 Å². The summed E-state index contributed by atoms with van der Waals surface area (Å²) in [5.74, 6) is -1.04. The highest BCUT2D eigenvalue weighted by molar-refractivity contribution is 5.30. The van der Waals surface area contributed by atoms with E-state index in [0.29, 0.717) is 5.92 Å². The van der Waals surface area contributed by atoms with E-state index in [-0.39, 0.29) is 6.04 Å². The molecule has 5 heteroatoms. The Balaban J connectivity index is 1.76. The van der Waals surface area contributed by atoms with Gasteiger partial charge in [-0.3, -0.25) is 4.98 Å². The van der Waals surface area contributed by atoms with E-state index in [1.165, 1.54) is 12.1 Å². The Morgan fingerprint density at radius 2 is 1.96 bits per heavy atom. The van der Waals surface area contributed by atoms with Crippen molar-refractivity contribution in [1.29, 1.82) is 0 Å². The van der Waals surface area contributed by atoms with Crippen LogP contribution in [-0.2, 0) is 0 Å². The molecule has 0 unspecified atom stereocenters. The molecule has 1 atom stereocenters. The molecule has 1 N–H and O–H groups in total. The smallest absolute Gasteiger partial charge is 0.159 e. The number of likely N-dealkylation sites (tertiary alicyclic amines) is 1. The number of nitrogens with zero attached hydrogens (tertiary/aromatic N) is 2. The van der Waals surface area contributed by atoms with Gasteiger partial charge in [-0.25, -0.2) is 8.78 Å². The molecule has 0 aliphatic carbocycles. The molecule has 0 radical (unpaired) electrons. The first kappa shape index (κ1) is 17.0. The van der Waals surface area contributed by atoms with Crippen molar-refractivity contribution < 1.29 is 8.78 Å². The molecule has 3 nitrogen and oxygen atoms in total. The highest BCUT2D eigenvalue weighted by atomic mass is 19.2. The van der Waals surface area contributed by atoms with Gasteiger partial charge in [-0.05, 0) is 74.8 Å². The summed E-state index contributed by atoms with van der Waals surface area (Å²) in [7, 11) is 2.14. The summed E-state index contributed by atoms with van der Waals surface area (Å²) in [6.07, 6.45) is 5.79. The van der Waals surface area contributed by atoms with Crippen LogP contribution < -0.4 is 5.32 Å². The number of nitrogens with one attached hydrogen (secondary N) is 1. The average Bonchev–Trinajstić information content (AvgIpc) is 2.61. The van der Waals surface area contributed by atoms with Gasteiger partial charge in [-0.2, -0.15) is 0 Å². The van der Waals surface area contributed by atoms with Crippen molar-refractivity contribution in [3.63, 3.8) is 0 Å². The normalized spacial score (nSPS) is 17.8. The van der Waals surface area contributed by atoms with Gasteiger partial charge < -0.3 is 10.2 Å². The lowest BCUT2D eigenvalue weighted by molar-refractivity contribution is 0.214.